The maximum absolute atomic E-state index is 11.7. The van der Waals surface area contributed by atoms with Crippen LogP contribution in [-0.2, 0) is 4.79 Å². The number of hydrogen-bond acceptors (Lipinski definition) is 4. The smallest absolute Gasteiger partial charge is 0.276 e. The van der Waals surface area contributed by atoms with E-state index in [2.05, 4.69) is 5.32 Å². The molecule has 0 aromatic heterocycles. The van der Waals surface area contributed by atoms with Crippen LogP contribution in [0.15, 0.2) is 29.8 Å². The fraction of sp³-hybridized carbons (Fsp3) is 0.231. The fourth-order valence-corrected chi connectivity index (χ4v) is 1.57. The molecule has 1 amide bonds. The molecule has 19 heavy (non-hydrogen) atoms. The summed E-state index contributed by atoms with van der Waals surface area (Å²) in [5, 5.41) is 22.5. The third-order valence-corrected chi connectivity index (χ3v) is 2.71. The van der Waals surface area contributed by atoms with E-state index >= 15 is 0 Å². The summed E-state index contributed by atoms with van der Waals surface area (Å²) in [6, 6.07) is 7.89. The number of nitro groups is 1. The first-order valence-electron chi connectivity index (χ1n) is 5.78. The van der Waals surface area contributed by atoms with E-state index in [1.165, 1.54) is 24.3 Å². The Morgan fingerprint density at radius 2 is 2.16 bits per heavy atom. The molecule has 6 heteroatoms. The third kappa shape index (κ3) is 3.16. The maximum atomic E-state index is 11.7. The van der Waals surface area contributed by atoms with Gasteiger partial charge >= 0.3 is 0 Å². The monoisotopic (exact) mass is 257 g/mol. The van der Waals surface area contributed by atoms with Gasteiger partial charge in [-0.3, -0.25) is 14.9 Å². The largest absolute Gasteiger partial charge is 0.349 e. The van der Waals surface area contributed by atoms with Crippen LogP contribution in [0.1, 0.15) is 18.4 Å². The summed E-state index contributed by atoms with van der Waals surface area (Å²) < 4.78 is 0. The van der Waals surface area contributed by atoms with E-state index in [4.69, 9.17) is 5.26 Å². The number of para-hydroxylation sites is 1. The van der Waals surface area contributed by atoms with Crippen molar-refractivity contribution in [3.05, 3.63) is 45.5 Å². The van der Waals surface area contributed by atoms with Crippen molar-refractivity contribution in [2.24, 2.45) is 0 Å². The lowest BCUT2D eigenvalue weighted by Gasteiger charge is -2.02. The summed E-state index contributed by atoms with van der Waals surface area (Å²) in [5.41, 5.74) is -0.00864. The maximum Gasteiger partial charge on any atom is 0.276 e. The number of nitriles is 1. The van der Waals surface area contributed by atoms with Crippen molar-refractivity contribution in [1.82, 2.24) is 5.32 Å². The van der Waals surface area contributed by atoms with Gasteiger partial charge in [-0.25, -0.2) is 0 Å². The molecule has 1 N–H and O–H groups in total. The van der Waals surface area contributed by atoms with Gasteiger partial charge in [0.1, 0.15) is 11.6 Å². The van der Waals surface area contributed by atoms with Gasteiger partial charge in [0.15, 0.2) is 0 Å². The molecular weight excluding hydrogens is 246 g/mol. The van der Waals surface area contributed by atoms with Crippen LogP contribution in [0.4, 0.5) is 5.69 Å². The average molecular weight is 257 g/mol. The van der Waals surface area contributed by atoms with Gasteiger partial charge in [0.05, 0.1) is 10.5 Å². The Hall–Kier alpha value is -2.68. The van der Waals surface area contributed by atoms with Crippen molar-refractivity contribution >= 4 is 17.7 Å². The minimum atomic E-state index is -0.542. The molecule has 1 aliphatic rings. The Morgan fingerprint density at radius 1 is 1.47 bits per heavy atom. The van der Waals surface area contributed by atoms with Crippen molar-refractivity contribution in [1.29, 1.82) is 5.26 Å². The topological polar surface area (TPSA) is 96.0 Å². The summed E-state index contributed by atoms with van der Waals surface area (Å²) in [5.74, 6) is -0.483. The molecule has 0 unspecified atom stereocenters. The van der Waals surface area contributed by atoms with Gasteiger partial charge in [0.25, 0.3) is 11.6 Å². The number of carbonyl (C=O) groups excluding carboxylic acids is 1. The molecule has 1 aromatic rings. The second kappa shape index (κ2) is 5.31. The summed E-state index contributed by atoms with van der Waals surface area (Å²) in [4.78, 5) is 22.0. The van der Waals surface area contributed by atoms with Gasteiger partial charge in [0.2, 0.25) is 0 Å². The number of nitro benzene ring substituents is 1. The van der Waals surface area contributed by atoms with Crippen LogP contribution < -0.4 is 5.32 Å². The van der Waals surface area contributed by atoms with Crippen molar-refractivity contribution in [2.45, 2.75) is 18.9 Å². The zero-order chi connectivity index (χ0) is 13.8. The molecule has 1 aliphatic carbocycles. The van der Waals surface area contributed by atoms with E-state index in [9.17, 15) is 14.9 Å². The molecule has 1 fully saturated rings. The highest BCUT2D eigenvalue weighted by atomic mass is 16.6. The number of nitrogens with zero attached hydrogens (tertiary/aromatic N) is 2. The van der Waals surface area contributed by atoms with Gasteiger partial charge in [-0.1, -0.05) is 12.1 Å². The number of carbonyl (C=O) groups is 1. The summed E-state index contributed by atoms with van der Waals surface area (Å²) in [6.07, 6.45) is 3.07. The van der Waals surface area contributed by atoms with E-state index in [1.807, 2.05) is 0 Å². The van der Waals surface area contributed by atoms with Gasteiger partial charge in [-0.2, -0.15) is 5.26 Å². The molecule has 0 atom stereocenters. The van der Waals surface area contributed by atoms with E-state index < -0.39 is 10.8 Å². The zero-order valence-corrected chi connectivity index (χ0v) is 10.00. The molecular formula is C13H11N3O3. The molecule has 96 valence electrons. The first-order valence-corrected chi connectivity index (χ1v) is 5.78. The Kier molecular flexibility index (Phi) is 3.57. The Labute approximate surface area is 109 Å². The summed E-state index contributed by atoms with van der Waals surface area (Å²) in [6.45, 7) is 0. The number of benzene rings is 1. The predicted octanol–water partition coefficient (Wildman–Crippen LogP) is 1.78. The number of amides is 1. The van der Waals surface area contributed by atoms with Crippen LogP contribution in [0.2, 0.25) is 0 Å². The second-order valence-corrected chi connectivity index (χ2v) is 4.23. The van der Waals surface area contributed by atoms with E-state index in [0.29, 0.717) is 0 Å². The second-order valence-electron chi connectivity index (χ2n) is 4.23. The Balaban J connectivity index is 2.29. The molecule has 1 saturated carbocycles. The highest BCUT2D eigenvalue weighted by Crippen LogP contribution is 2.22. The Morgan fingerprint density at radius 3 is 2.74 bits per heavy atom. The van der Waals surface area contributed by atoms with Gasteiger partial charge in [0, 0.05) is 12.1 Å². The summed E-state index contributed by atoms with van der Waals surface area (Å²) >= 11 is 0. The first kappa shape index (κ1) is 12.8. The highest BCUT2D eigenvalue weighted by molar-refractivity contribution is 6.02. The molecule has 0 saturated heterocycles. The summed E-state index contributed by atoms with van der Waals surface area (Å²) in [7, 11) is 0. The minimum absolute atomic E-state index is 0.124. The van der Waals surface area contributed by atoms with Crippen LogP contribution >= 0.6 is 0 Å². The van der Waals surface area contributed by atoms with E-state index in [0.717, 1.165) is 12.8 Å². The van der Waals surface area contributed by atoms with Crippen molar-refractivity contribution in [3.8, 4) is 6.07 Å². The standard InChI is InChI=1S/C13H11N3O3/c14-8-10(13(17)15-11-5-6-11)7-9-3-1-2-4-12(9)16(18)19/h1-4,7,11H,5-6H2,(H,15,17)/b10-7+. The van der Waals surface area contributed by atoms with Crippen LogP contribution in [0.3, 0.4) is 0 Å². The highest BCUT2D eigenvalue weighted by Gasteiger charge is 2.25. The van der Waals surface area contributed by atoms with Crippen LogP contribution in [0, 0.1) is 21.4 Å². The molecule has 2 rings (SSSR count). The van der Waals surface area contributed by atoms with Crippen molar-refractivity contribution in [2.75, 3.05) is 0 Å². The third-order valence-electron chi connectivity index (χ3n) is 2.71. The molecule has 6 nitrogen and oxygen atoms in total. The Bertz CT molecular complexity index is 597. The molecule has 0 spiro atoms. The molecule has 0 aliphatic heterocycles. The number of nitrogens with one attached hydrogen (secondary N) is 1. The van der Waals surface area contributed by atoms with Gasteiger partial charge < -0.3 is 5.32 Å². The number of rotatable bonds is 4. The first-order chi connectivity index (χ1) is 9.11. The minimum Gasteiger partial charge on any atom is -0.349 e. The molecule has 0 bridgehead atoms. The molecule has 0 radical (unpaired) electrons. The lowest BCUT2D eigenvalue weighted by atomic mass is 10.1. The SMILES string of the molecule is N#C/C(=C\c1ccccc1[N+](=O)[O-])C(=O)NC1CC1. The van der Waals surface area contributed by atoms with Crippen molar-refractivity contribution < 1.29 is 9.72 Å². The predicted molar refractivity (Wildman–Crippen MR) is 67.9 cm³/mol. The van der Waals surface area contributed by atoms with Crippen molar-refractivity contribution in [3.63, 3.8) is 0 Å². The van der Waals surface area contributed by atoms with Gasteiger partial charge in [-0.15, -0.1) is 0 Å². The van der Waals surface area contributed by atoms with Crippen LogP contribution in [0.25, 0.3) is 6.08 Å². The van der Waals surface area contributed by atoms with Gasteiger partial charge in [-0.05, 0) is 25.0 Å². The molecule has 0 heterocycles. The molecule has 1 aromatic carbocycles. The lowest BCUT2D eigenvalue weighted by Crippen LogP contribution is -2.26. The zero-order valence-electron chi connectivity index (χ0n) is 10.00. The normalized spacial score (nSPS) is 14.6. The fourth-order valence-electron chi connectivity index (χ4n) is 1.57. The average Bonchev–Trinajstić information content (AvgIpc) is 3.19. The van der Waals surface area contributed by atoms with E-state index in [1.54, 1.807) is 12.1 Å². The lowest BCUT2D eigenvalue weighted by molar-refractivity contribution is -0.385. The number of hydrogen-bond donors (Lipinski definition) is 1. The quantitative estimate of drug-likeness (QED) is 0.385. The van der Waals surface area contributed by atoms with E-state index in [-0.39, 0.29) is 22.9 Å². The van der Waals surface area contributed by atoms with Crippen LogP contribution in [-0.4, -0.2) is 16.9 Å². The van der Waals surface area contributed by atoms with Crippen LogP contribution in [0.5, 0.6) is 0 Å².